The van der Waals surface area contributed by atoms with Crippen LogP contribution in [0, 0.1) is 6.92 Å². The van der Waals surface area contributed by atoms with Crippen LogP contribution in [0.1, 0.15) is 47.7 Å². The van der Waals surface area contributed by atoms with Crippen molar-refractivity contribution in [3.05, 3.63) is 56.7 Å². The van der Waals surface area contributed by atoms with Gasteiger partial charge in [-0.05, 0) is 50.1 Å². The molecule has 0 aliphatic heterocycles. The molecule has 1 aromatic carbocycles. The molecule has 1 nitrogen and oxygen atoms in total. The maximum absolute atomic E-state index is 6.08. The molecular weight excluding hydrogens is 274 g/mol. The highest BCUT2D eigenvalue weighted by atomic mass is 35.5. The van der Waals surface area contributed by atoms with Crippen LogP contribution in [0.5, 0.6) is 0 Å². The number of thiophene rings is 1. The lowest BCUT2D eigenvalue weighted by Gasteiger charge is -2.22. The molecule has 0 spiro atoms. The van der Waals surface area contributed by atoms with E-state index in [4.69, 9.17) is 11.6 Å². The zero-order chi connectivity index (χ0) is 13.8. The predicted octanol–water partition coefficient (Wildman–Crippen LogP) is 5.51. The Kier molecular flexibility index (Phi) is 5.03. The Morgan fingerprint density at radius 3 is 2.63 bits per heavy atom. The van der Waals surface area contributed by atoms with Crippen LogP contribution in [-0.2, 0) is 0 Å². The summed E-state index contributed by atoms with van der Waals surface area (Å²) in [5.41, 5.74) is 1.26. The molecule has 0 saturated heterocycles. The lowest BCUT2D eigenvalue weighted by molar-refractivity contribution is 0.460. The van der Waals surface area contributed by atoms with Crippen LogP contribution in [0.2, 0.25) is 5.02 Å². The molecule has 0 bridgehead atoms. The van der Waals surface area contributed by atoms with Gasteiger partial charge in [-0.3, -0.25) is 0 Å². The van der Waals surface area contributed by atoms with Gasteiger partial charge in [0.2, 0.25) is 0 Å². The highest BCUT2D eigenvalue weighted by molar-refractivity contribution is 7.12. The van der Waals surface area contributed by atoms with E-state index >= 15 is 0 Å². The lowest BCUT2D eigenvalue weighted by atomic mass is 10.0. The number of nitrogens with one attached hydrogen (secondary N) is 1. The fraction of sp³-hybridized carbons (Fsp3) is 0.375. The van der Waals surface area contributed by atoms with Crippen molar-refractivity contribution in [2.24, 2.45) is 0 Å². The molecule has 0 amide bonds. The van der Waals surface area contributed by atoms with E-state index in [1.807, 2.05) is 23.5 Å². The number of hydrogen-bond donors (Lipinski definition) is 1. The van der Waals surface area contributed by atoms with E-state index in [2.05, 4.69) is 50.4 Å². The smallest absolute Gasteiger partial charge is 0.0409 e. The van der Waals surface area contributed by atoms with E-state index in [0.717, 1.165) is 11.4 Å². The second kappa shape index (κ2) is 6.56. The maximum Gasteiger partial charge on any atom is 0.0409 e. The molecular formula is C16H20ClNS. The molecule has 2 atom stereocenters. The van der Waals surface area contributed by atoms with Crippen LogP contribution >= 0.6 is 22.9 Å². The second-order valence-electron chi connectivity index (χ2n) is 4.85. The zero-order valence-electron chi connectivity index (χ0n) is 11.6. The molecule has 2 aromatic rings. The number of rotatable bonds is 5. The largest absolute Gasteiger partial charge is 0.303 e. The summed E-state index contributed by atoms with van der Waals surface area (Å²) in [4.78, 5) is 2.75. The Bertz CT molecular complexity index is 535. The maximum atomic E-state index is 6.08. The Morgan fingerprint density at radius 1 is 1.26 bits per heavy atom. The van der Waals surface area contributed by atoms with Gasteiger partial charge in [-0.1, -0.05) is 30.7 Å². The second-order valence-corrected chi connectivity index (χ2v) is 6.61. The van der Waals surface area contributed by atoms with E-state index in [1.165, 1.54) is 15.3 Å². The molecule has 0 saturated carbocycles. The van der Waals surface area contributed by atoms with Crippen molar-refractivity contribution in [1.82, 2.24) is 5.32 Å². The van der Waals surface area contributed by atoms with Crippen LogP contribution in [0.4, 0.5) is 0 Å². The highest BCUT2D eigenvalue weighted by Gasteiger charge is 2.15. The quantitative estimate of drug-likeness (QED) is 0.766. The van der Waals surface area contributed by atoms with Gasteiger partial charge in [0, 0.05) is 26.9 Å². The van der Waals surface area contributed by atoms with Gasteiger partial charge in [-0.2, -0.15) is 0 Å². The van der Waals surface area contributed by atoms with E-state index in [1.54, 1.807) is 0 Å². The van der Waals surface area contributed by atoms with Crippen molar-refractivity contribution >= 4 is 22.9 Å². The molecule has 1 N–H and O–H groups in total. The predicted molar refractivity (Wildman–Crippen MR) is 85.1 cm³/mol. The third-order valence-corrected chi connectivity index (χ3v) is 4.72. The van der Waals surface area contributed by atoms with Gasteiger partial charge in [0.15, 0.2) is 0 Å². The number of benzene rings is 1. The zero-order valence-corrected chi connectivity index (χ0v) is 13.2. The molecule has 2 unspecified atom stereocenters. The topological polar surface area (TPSA) is 12.0 Å². The molecule has 0 radical (unpaired) electrons. The summed E-state index contributed by atoms with van der Waals surface area (Å²) in [6.07, 6.45) is 1.05. The molecule has 1 heterocycles. The normalized spacial score (nSPS) is 14.3. The summed E-state index contributed by atoms with van der Waals surface area (Å²) in [6, 6.07) is 13.2. The Labute approximate surface area is 124 Å². The SMILES string of the molecule is CCC(NC(C)c1ccc(C)s1)c1cccc(Cl)c1. The molecule has 0 aliphatic rings. The fourth-order valence-electron chi connectivity index (χ4n) is 2.24. The summed E-state index contributed by atoms with van der Waals surface area (Å²) in [5.74, 6) is 0. The summed E-state index contributed by atoms with van der Waals surface area (Å²) in [7, 11) is 0. The minimum absolute atomic E-state index is 0.344. The van der Waals surface area contributed by atoms with Crippen LogP contribution in [-0.4, -0.2) is 0 Å². The molecule has 3 heteroatoms. The number of hydrogen-bond acceptors (Lipinski definition) is 2. The summed E-state index contributed by atoms with van der Waals surface area (Å²) < 4.78 is 0. The first-order chi connectivity index (χ1) is 9.10. The summed E-state index contributed by atoms with van der Waals surface area (Å²) in [5, 5.41) is 4.49. The van der Waals surface area contributed by atoms with Crippen molar-refractivity contribution in [3.8, 4) is 0 Å². The molecule has 0 fully saturated rings. The van der Waals surface area contributed by atoms with Gasteiger partial charge in [-0.15, -0.1) is 11.3 Å². The van der Waals surface area contributed by atoms with E-state index in [9.17, 15) is 0 Å². The molecule has 19 heavy (non-hydrogen) atoms. The summed E-state index contributed by atoms with van der Waals surface area (Å²) >= 11 is 7.94. The highest BCUT2D eigenvalue weighted by Crippen LogP contribution is 2.27. The van der Waals surface area contributed by atoms with Crippen molar-refractivity contribution < 1.29 is 0 Å². The van der Waals surface area contributed by atoms with Crippen LogP contribution in [0.25, 0.3) is 0 Å². The lowest BCUT2D eigenvalue weighted by Crippen LogP contribution is -2.23. The molecule has 0 aliphatic carbocycles. The minimum atomic E-state index is 0.344. The standard InChI is InChI=1S/C16H20ClNS/c1-4-15(13-6-5-7-14(17)10-13)18-12(3)16-9-8-11(2)19-16/h5-10,12,15,18H,4H2,1-3H3. The van der Waals surface area contributed by atoms with Crippen LogP contribution < -0.4 is 5.32 Å². The van der Waals surface area contributed by atoms with Gasteiger partial charge in [0.05, 0.1) is 0 Å². The third-order valence-electron chi connectivity index (χ3n) is 3.30. The van der Waals surface area contributed by atoms with Crippen molar-refractivity contribution in [3.63, 3.8) is 0 Å². The van der Waals surface area contributed by atoms with E-state index in [-0.39, 0.29) is 0 Å². The molecule has 102 valence electrons. The fourth-order valence-corrected chi connectivity index (χ4v) is 3.33. The summed E-state index contributed by atoms with van der Waals surface area (Å²) in [6.45, 7) is 6.57. The molecule has 1 aromatic heterocycles. The average Bonchev–Trinajstić information content (AvgIpc) is 2.82. The first-order valence-corrected chi connectivity index (χ1v) is 7.87. The van der Waals surface area contributed by atoms with Crippen LogP contribution in [0.3, 0.4) is 0 Å². The van der Waals surface area contributed by atoms with Crippen molar-refractivity contribution in [2.45, 2.75) is 39.3 Å². The number of halogens is 1. The van der Waals surface area contributed by atoms with Crippen molar-refractivity contribution in [2.75, 3.05) is 0 Å². The average molecular weight is 294 g/mol. The first-order valence-electron chi connectivity index (χ1n) is 6.68. The Balaban J connectivity index is 2.11. The molecule has 2 rings (SSSR count). The minimum Gasteiger partial charge on any atom is -0.303 e. The van der Waals surface area contributed by atoms with Crippen molar-refractivity contribution in [1.29, 1.82) is 0 Å². The van der Waals surface area contributed by atoms with Gasteiger partial charge >= 0.3 is 0 Å². The van der Waals surface area contributed by atoms with Gasteiger partial charge < -0.3 is 5.32 Å². The van der Waals surface area contributed by atoms with Crippen LogP contribution in [0.15, 0.2) is 36.4 Å². The Hall–Kier alpha value is -0.830. The first kappa shape index (κ1) is 14.6. The van der Waals surface area contributed by atoms with Gasteiger partial charge in [-0.25, -0.2) is 0 Å². The van der Waals surface area contributed by atoms with Gasteiger partial charge in [0.1, 0.15) is 0 Å². The van der Waals surface area contributed by atoms with E-state index in [0.29, 0.717) is 12.1 Å². The number of aryl methyl sites for hydroxylation is 1. The third kappa shape index (κ3) is 3.82. The van der Waals surface area contributed by atoms with Gasteiger partial charge in [0.25, 0.3) is 0 Å². The Morgan fingerprint density at radius 2 is 2.05 bits per heavy atom. The monoisotopic (exact) mass is 293 g/mol. The van der Waals surface area contributed by atoms with E-state index < -0.39 is 0 Å².